The van der Waals surface area contributed by atoms with E-state index < -0.39 is 0 Å². The molecule has 0 saturated heterocycles. The first-order valence-corrected chi connectivity index (χ1v) is 8.34. The Hall–Kier alpha value is -1.16. The quantitative estimate of drug-likeness (QED) is 0.638. The maximum atomic E-state index is 5.57. The van der Waals surface area contributed by atoms with E-state index in [4.69, 9.17) is 10.8 Å². The highest BCUT2D eigenvalue weighted by atomic mass is 15.3. The van der Waals surface area contributed by atoms with Crippen molar-refractivity contribution >= 4 is 5.82 Å². The summed E-state index contributed by atoms with van der Waals surface area (Å²) in [5.41, 5.74) is 3.80. The van der Waals surface area contributed by atoms with Gasteiger partial charge in [0.25, 0.3) is 0 Å². The van der Waals surface area contributed by atoms with Gasteiger partial charge in [0.05, 0.1) is 0 Å². The van der Waals surface area contributed by atoms with Crippen LogP contribution in [0, 0.1) is 17.8 Å². The predicted octanol–water partition coefficient (Wildman–Crippen LogP) is 3.89. The molecule has 1 heterocycles. The number of rotatable bonds is 5. The molecule has 0 aromatic carbocycles. The summed E-state index contributed by atoms with van der Waals surface area (Å²) in [4.78, 5) is 9.41. The summed E-state index contributed by atoms with van der Waals surface area (Å²) in [6, 6.07) is 1.98. The van der Waals surface area contributed by atoms with Crippen molar-refractivity contribution in [3.8, 4) is 0 Å². The lowest BCUT2D eigenvalue weighted by Crippen LogP contribution is -2.20. The number of anilines is 1. The minimum atomic E-state index is 0.499. The van der Waals surface area contributed by atoms with Crippen LogP contribution in [0.25, 0.3) is 0 Å². The number of hydrazine groups is 1. The molecule has 118 valence electrons. The Morgan fingerprint density at radius 1 is 1.14 bits per heavy atom. The van der Waals surface area contributed by atoms with E-state index in [9.17, 15) is 0 Å². The van der Waals surface area contributed by atoms with E-state index >= 15 is 0 Å². The van der Waals surface area contributed by atoms with E-state index in [0.29, 0.717) is 11.8 Å². The van der Waals surface area contributed by atoms with E-state index in [1.54, 1.807) is 0 Å². The number of hydrogen-bond donors (Lipinski definition) is 2. The molecule has 1 fully saturated rings. The van der Waals surface area contributed by atoms with Crippen LogP contribution in [0.3, 0.4) is 0 Å². The Bertz CT molecular complexity index is 448. The second-order valence-corrected chi connectivity index (χ2v) is 7.20. The van der Waals surface area contributed by atoms with Crippen LogP contribution in [0.2, 0.25) is 0 Å². The van der Waals surface area contributed by atoms with E-state index in [-0.39, 0.29) is 0 Å². The molecule has 2 rings (SSSR count). The summed E-state index contributed by atoms with van der Waals surface area (Å²) in [7, 11) is 0. The number of aromatic nitrogens is 2. The molecule has 1 aliphatic carbocycles. The molecular weight excluding hydrogens is 260 g/mol. The van der Waals surface area contributed by atoms with Crippen molar-refractivity contribution in [3.05, 3.63) is 17.6 Å². The van der Waals surface area contributed by atoms with Crippen molar-refractivity contribution in [2.24, 2.45) is 23.6 Å². The van der Waals surface area contributed by atoms with Gasteiger partial charge in [-0.15, -0.1) is 0 Å². The molecule has 21 heavy (non-hydrogen) atoms. The fourth-order valence-corrected chi connectivity index (χ4v) is 3.34. The molecule has 0 amide bonds. The fraction of sp³-hybridized carbons (Fsp3) is 0.765. The zero-order chi connectivity index (χ0) is 15.4. The van der Waals surface area contributed by atoms with Crippen LogP contribution in [-0.2, 0) is 6.42 Å². The molecular formula is C17H30N4. The molecule has 4 heteroatoms. The van der Waals surface area contributed by atoms with Gasteiger partial charge in [0, 0.05) is 17.7 Å². The summed E-state index contributed by atoms with van der Waals surface area (Å²) in [5.74, 6) is 10.1. The predicted molar refractivity (Wildman–Crippen MR) is 87.9 cm³/mol. The number of nitrogens with one attached hydrogen (secondary N) is 1. The highest BCUT2D eigenvalue weighted by Crippen LogP contribution is 2.37. The van der Waals surface area contributed by atoms with Crippen molar-refractivity contribution in [1.82, 2.24) is 9.97 Å². The van der Waals surface area contributed by atoms with Crippen LogP contribution < -0.4 is 11.3 Å². The van der Waals surface area contributed by atoms with Gasteiger partial charge in [-0.05, 0) is 49.9 Å². The van der Waals surface area contributed by atoms with E-state index in [1.807, 2.05) is 6.07 Å². The summed E-state index contributed by atoms with van der Waals surface area (Å²) in [5, 5.41) is 0. The third-order valence-corrected chi connectivity index (χ3v) is 4.64. The molecule has 0 unspecified atom stereocenters. The van der Waals surface area contributed by atoms with Gasteiger partial charge >= 0.3 is 0 Å². The second kappa shape index (κ2) is 7.21. The van der Waals surface area contributed by atoms with Crippen LogP contribution in [0.15, 0.2) is 6.07 Å². The molecule has 0 atom stereocenters. The van der Waals surface area contributed by atoms with Gasteiger partial charge in [-0.25, -0.2) is 15.8 Å². The van der Waals surface area contributed by atoms with Crippen LogP contribution in [0.1, 0.15) is 70.8 Å². The maximum Gasteiger partial charge on any atom is 0.143 e. The average Bonchev–Trinajstić information content (AvgIpc) is 2.46. The SMILES string of the molecule is CC(C)Cc1cc(NN)nc(C2CCC(C(C)C)CC2)n1. The molecule has 1 aliphatic rings. The highest BCUT2D eigenvalue weighted by molar-refractivity contribution is 5.35. The third kappa shape index (κ3) is 4.40. The van der Waals surface area contributed by atoms with E-state index in [2.05, 4.69) is 38.1 Å². The van der Waals surface area contributed by atoms with Gasteiger partial charge in [0.15, 0.2) is 0 Å². The standard InChI is InChI=1S/C17H30N4/c1-11(2)9-15-10-16(21-18)20-17(19-15)14-7-5-13(6-8-14)12(3)4/h10-14H,5-9,18H2,1-4H3,(H,19,20,21). The highest BCUT2D eigenvalue weighted by Gasteiger charge is 2.26. The van der Waals surface area contributed by atoms with Crippen LogP contribution >= 0.6 is 0 Å². The zero-order valence-electron chi connectivity index (χ0n) is 13.9. The zero-order valence-corrected chi connectivity index (χ0v) is 13.9. The smallest absolute Gasteiger partial charge is 0.143 e. The van der Waals surface area contributed by atoms with E-state index in [1.165, 1.54) is 25.7 Å². The maximum absolute atomic E-state index is 5.57. The molecule has 0 bridgehead atoms. The van der Waals surface area contributed by atoms with Crippen LogP contribution in [0.4, 0.5) is 5.82 Å². The monoisotopic (exact) mass is 290 g/mol. The Morgan fingerprint density at radius 3 is 2.33 bits per heavy atom. The van der Waals surface area contributed by atoms with Gasteiger partial charge in [-0.3, -0.25) is 0 Å². The number of nitrogen functional groups attached to an aromatic ring is 1. The lowest BCUT2D eigenvalue weighted by Gasteiger charge is -2.30. The molecule has 1 aromatic heterocycles. The van der Waals surface area contributed by atoms with Gasteiger partial charge in [-0.2, -0.15) is 0 Å². The summed E-state index contributed by atoms with van der Waals surface area (Å²) >= 11 is 0. The summed E-state index contributed by atoms with van der Waals surface area (Å²) in [6.07, 6.45) is 5.98. The number of nitrogens with two attached hydrogens (primary N) is 1. The summed E-state index contributed by atoms with van der Waals surface area (Å²) in [6.45, 7) is 9.10. The Balaban J connectivity index is 2.12. The first-order valence-electron chi connectivity index (χ1n) is 8.34. The largest absolute Gasteiger partial charge is 0.308 e. The van der Waals surface area contributed by atoms with Crippen LogP contribution in [-0.4, -0.2) is 9.97 Å². The average molecular weight is 290 g/mol. The van der Waals surface area contributed by atoms with Crippen molar-refractivity contribution < 1.29 is 0 Å². The molecule has 4 nitrogen and oxygen atoms in total. The topological polar surface area (TPSA) is 63.8 Å². The van der Waals surface area contributed by atoms with Gasteiger partial charge in [0.1, 0.15) is 11.6 Å². The third-order valence-electron chi connectivity index (χ3n) is 4.64. The Labute approximate surface area is 128 Å². The molecule has 0 aliphatic heterocycles. The van der Waals surface area contributed by atoms with Crippen molar-refractivity contribution in [2.75, 3.05) is 5.43 Å². The van der Waals surface area contributed by atoms with Crippen molar-refractivity contribution in [2.45, 2.75) is 65.7 Å². The Morgan fingerprint density at radius 2 is 1.81 bits per heavy atom. The second-order valence-electron chi connectivity index (χ2n) is 7.20. The first kappa shape index (κ1) is 16.2. The molecule has 0 radical (unpaired) electrons. The normalized spacial score (nSPS) is 22.8. The Kier molecular flexibility index (Phi) is 5.57. The first-order chi connectivity index (χ1) is 9.99. The summed E-state index contributed by atoms with van der Waals surface area (Å²) < 4.78 is 0. The minimum Gasteiger partial charge on any atom is -0.308 e. The van der Waals surface area contributed by atoms with Crippen molar-refractivity contribution in [1.29, 1.82) is 0 Å². The molecule has 1 aromatic rings. The lowest BCUT2D eigenvalue weighted by molar-refractivity contribution is 0.254. The van der Waals surface area contributed by atoms with Crippen molar-refractivity contribution in [3.63, 3.8) is 0 Å². The van der Waals surface area contributed by atoms with Gasteiger partial charge < -0.3 is 5.43 Å². The lowest BCUT2D eigenvalue weighted by atomic mass is 9.76. The fourth-order valence-electron chi connectivity index (χ4n) is 3.34. The molecule has 0 spiro atoms. The van der Waals surface area contributed by atoms with Gasteiger partial charge in [0.2, 0.25) is 0 Å². The number of hydrogen-bond acceptors (Lipinski definition) is 4. The van der Waals surface area contributed by atoms with E-state index in [0.717, 1.165) is 35.6 Å². The molecule has 3 N–H and O–H groups in total. The molecule has 1 saturated carbocycles. The minimum absolute atomic E-state index is 0.499. The van der Waals surface area contributed by atoms with Crippen LogP contribution in [0.5, 0.6) is 0 Å². The van der Waals surface area contributed by atoms with Gasteiger partial charge in [-0.1, -0.05) is 27.7 Å². The number of nitrogens with zero attached hydrogens (tertiary/aromatic N) is 2.